The van der Waals surface area contributed by atoms with Crippen molar-refractivity contribution in [3.63, 3.8) is 0 Å². The summed E-state index contributed by atoms with van der Waals surface area (Å²) in [4.78, 5) is 12.0. The van der Waals surface area contributed by atoms with Crippen LogP contribution in [0.3, 0.4) is 0 Å². The van der Waals surface area contributed by atoms with E-state index in [1.165, 1.54) is 31.2 Å². The van der Waals surface area contributed by atoms with Gasteiger partial charge in [0, 0.05) is 72.5 Å². The minimum atomic E-state index is -0.640. The van der Waals surface area contributed by atoms with E-state index in [-0.39, 0.29) is 18.0 Å². The van der Waals surface area contributed by atoms with Crippen LogP contribution in [0, 0.1) is 23.7 Å². The number of aromatic nitrogens is 2. The molecule has 2 aromatic carbocycles. The fourth-order valence-electron chi connectivity index (χ4n) is 11.4. The lowest BCUT2D eigenvalue weighted by Gasteiger charge is -2.58. The van der Waals surface area contributed by atoms with Crippen LogP contribution in [0.1, 0.15) is 93.6 Å². The van der Waals surface area contributed by atoms with Crippen LogP contribution in [0.25, 0.3) is 21.8 Å². The van der Waals surface area contributed by atoms with Gasteiger partial charge in [0.25, 0.3) is 0 Å². The minimum Gasteiger partial charge on any atom is -0.497 e. The number of unbranched alkanes of at least 4 members (excludes halogenated alkanes) is 2. The predicted octanol–water partition coefficient (Wildman–Crippen LogP) is 7.98. The molecule has 6 aliphatic heterocycles. The maximum absolute atomic E-state index is 12.4. The van der Waals surface area contributed by atoms with Crippen molar-refractivity contribution in [3.05, 3.63) is 84.2 Å². The molecule has 6 fully saturated rings. The van der Waals surface area contributed by atoms with Crippen LogP contribution in [0.4, 0.5) is 0 Å². The van der Waals surface area contributed by atoms with Crippen molar-refractivity contribution in [2.45, 2.75) is 89.0 Å². The normalized spacial score (nSPS) is 31.8. The Morgan fingerprint density at radius 1 is 0.925 bits per heavy atom. The van der Waals surface area contributed by atoms with Gasteiger partial charge in [-0.15, -0.1) is 6.58 Å². The fourth-order valence-corrected chi connectivity index (χ4v) is 11.4. The molecule has 0 aliphatic carbocycles. The van der Waals surface area contributed by atoms with E-state index in [0.29, 0.717) is 23.7 Å². The molecule has 0 saturated carbocycles. The first-order valence-corrected chi connectivity index (χ1v) is 20.3. The number of ether oxygens (including phenoxy) is 2. The largest absolute Gasteiger partial charge is 0.497 e. The maximum atomic E-state index is 12.4. The summed E-state index contributed by atoms with van der Waals surface area (Å²) < 4.78 is 12.8. The standard InChI is InChI=1S/C45H59N4O4/c1-6-9-10-18-49-19-15-30(29(8-3)27-49)20-42(49)45(51)33-14-17-47-40-22-37(43(53-5)24-36(33)40)38-26-48-25-28(7-2)34(38)23-41(48)44(50)32-13-16-46-39-12-11-31(52-4)21-35(32)39/h8,11-14,16-17,21-22,24,28-30,34,38,41-42,44-45,50-51H,3,6-7,9-10,15,18-20,23,25-27H2,1-2,4-5H3/q+1/t28?,29?,30?,34?,38?,41?,42?,44-,45-,49?/m1/s1. The molecular formula is C45H59N4O4+. The molecule has 8 nitrogen and oxygen atoms in total. The van der Waals surface area contributed by atoms with Gasteiger partial charge in [0.1, 0.15) is 23.6 Å². The predicted molar refractivity (Wildman–Crippen MR) is 211 cm³/mol. The summed E-state index contributed by atoms with van der Waals surface area (Å²) in [6.45, 7) is 14.0. The van der Waals surface area contributed by atoms with Crippen LogP contribution >= 0.6 is 0 Å². The van der Waals surface area contributed by atoms with Crippen molar-refractivity contribution in [2.24, 2.45) is 23.7 Å². The zero-order chi connectivity index (χ0) is 36.9. The summed E-state index contributed by atoms with van der Waals surface area (Å²) in [7, 11) is 3.45. The molecule has 0 amide bonds. The van der Waals surface area contributed by atoms with Crippen molar-refractivity contribution in [1.29, 1.82) is 0 Å². The zero-order valence-corrected chi connectivity index (χ0v) is 32.2. The molecule has 9 unspecified atom stereocenters. The van der Waals surface area contributed by atoms with E-state index in [2.05, 4.69) is 54.6 Å². The first-order chi connectivity index (χ1) is 25.8. The van der Waals surface area contributed by atoms with Gasteiger partial charge in [-0.1, -0.05) is 32.8 Å². The van der Waals surface area contributed by atoms with Crippen LogP contribution < -0.4 is 9.47 Å². The number of piperidine rings is 6. The lowest BCUT2D eigenvalue weighted by molar-refractivity contribution is -0.973. The van der Waals surface area contributed by atoms with Crippen LogP contribution in [0.15, 0.2) is 67.5 Å². The van der Waals surface area contributed by atoms with E-state index in [9.17, 15) is 10.2 Å². The Kier molecular flexibility index (Phi) is 10.3. The number of rotatable bonds is 13. The Balaban J connectivity index is 1.10. The Morgan fingerprint density at radius 3 is 2.42 bits per heavy atom. The highest BCUT2D eigenvalue weighted by atomic mass is 16.5. The number of aliphatic hydroxyl groups is 2. The summed E-state index contributed by atoms with van der Waals surface area (Å²) in [6.07, 6.45) is 12.6. The van der Waals surface area contributed by atoms with Crippen LogP contribution in [0.2, 0.25) is 0 Å². The van der Waals surface area contributed by atoms with E-state index in [0.717, 1.165) is 101 Å². The van der Waals surface area contributed by atoms with Gasteiger partial charge in [-0.3, -0.25) is 14.9 Å². The molecular weight excluding hydrogens is 661 g/mol. The van der Waals surface area contributed by atoms with Crippen molar-refractivity contribution in [2.75, 3.05) is 46.9 Å². The van der Waals surface area contributed by atoms with E-state index in [1.54, 1.807) is 14.2 Å². The second kappa shape index (κ2) is 14.9. The molecule has 8 heterocycles. The van der Waals surface area contributed by atoms with E-state index >= 15 is 0 Å². The lowest BCUT2D eigenvalue weighted by atomic mass is 9.65. The number of aliphatic hydroxyl groups excluding tert-OH is 2. The first-order valence-electron chi connectivity index (χ1n) is 20.3. The number of hydrogen-bond donors (Lipinski definition) is 2. The highest BCUT2D eigenvalue weighted by Crippen LogP contribution is 2.52. The first kappa shape index (κ1) is 36.4. The smallest absolute Gasteiger partial charge is 0.131 e. The Morgan fingerprint density at radius 2 is 1.70 bits per heavy atom. The molecule has 4 bridgehead atoms. The summed E-state index contributed by atoms with van der Waals surface area (Å²) in [6, 6.07) is 14.5. The number of fused-ring (bicyclic) bond motifs is 8. The van der Waals surface area contributed by atoms with Crippen molar-refractivity contribution in [1.82, 2.24) is 14.9 Å². The SMILES string of the molecule is C=CC1C[N+]2(CCCCC)CCC1CC2[C@H](O)c1ccnc2cc(C3CN4CC(CC)C3CC4[C@H](O)c3ccnc4ccc(OC)cc34)c(OC)cc12. The van der Waals surface area contributed by atoms with Gasteiger partial charge in [-0.2, -0.15) is 0 Å². The van der Waals surface area contributed by atoms with E-state index in [4.69, 9.17) is 14.5 Å². The minimum absolute atomic E-state index is 0.0106. The summed E-state index contributed by atoms with van der Waals surface area (Å²) in [5, 5.41) is 26.4. The zero-order valence-electron chi connectivity index (χ0n) is 32.2. The van der Waals surface area contributed by atoms with Crippen molar-refractivity contribution in [3.8, 4) is 11.5 Å². The highest BCUT2D eigenvalue weighted by molar-refractivity contribution is 5.86. The van der Waals surface area contributed by atoms with Crippen LogP contribution in [0.5, 0.6) is 11.5 Å². The second-order valence-corrected chi connectivity index (χ2v) is 16.7. The topological polar surface area (TPSA) is 87.9 Å². The third kappa shape index (κ3) is 6.33. The molecule has 8 heteroatoms. The third-order valence-electron chi connectivity index (χ3n) is 14.3. The highest BCUT2D eigenvalue weighted by Gasteiger charge is 2.54. The molecule has 4 aromatic rings. The van der Waals surface area contributed by atoms with Crippen molar-refractivity contribution < 1.29 is 24.2 Å². The number of methoxy groups -OCH3 is 2. The van der Waals surface area contributed by atoms with Gasteiger partial charge in [-0.25, -0.2) is 0 Å². The van der Waals surface area contributed by atoms with E-state index < -0.39 is 12.2 Å². The molecule has 53 heavy (non-hydrogen) atoms. The van der Waals surface area contributed by atoms with Gasteiger partial charge in [0.2, 0.25) is 0 Å². The van der Waals surface area contributed by atoms with Gasteiger partial charge >= 0.3 is 0 Å². The second-order valence-electron chi connectivity index (χ2n) is 16.7. The summed E-state index contributed by atoms with van der Waals surface area (Å²) in [5.74, 6) is 3.94. The van der Waals surface area contributed by atoms with Crippen LogP contribution in [-0.4, -0.2) is 88.6 Å². The summed E-state index contributed by atoms with van der Waals surface area (Å²) >= 11 is 0. The quantitative estimate of drug-likeness (QED) is 0.0824. The molecule has 6 saturated heterocycles. The molecule has 2 N–H and O–H groups in total. The Labute approximate surface area is 315 Å². The number of nitrogens with zero attached hydrogens (tertiary/aromatic N) is 4. The number of pyridine rings is 2. The Hall–Kier alpha value is -3.56. The monoisotopic (exact) mass is 719 g/mol. The Bertz CT molecular complexity index is 1950. The van der Waals surface area contributed by atoms with E-state index in [1.807, 2.05) is 36.7 Å². The molecule has 11 atom stereocenters. The maximum Gasteiger partial charge on any atom is 0.131 e. The van der Waals surface area contributed by atoms with Gasteiger partial charge in [-0.05, 0) is 90.6 Å². The molecule has 10 rings (SSSR count). The number of quaternary nitrogens is 1. The van der Waals surface area contributed by atoms with Gasteiger partial charge in [0.05, 0.1) is 51.0 Å². The molecule has 282 valence electrons. The molecule has 2 aromatic heterocycles. The third-order valence-corrected chi connectivity index (χ3v) is 14.3. The molecule has 0 radical (unpaired) electrons. The summed E-state index contributed by atoms with van der Waals surface area (Å²) in [5.41, 5.74) is 4.87. The van der Waals surface area contributed by atoms with Gasteiger partial charge < -0.3 is 24.2 Å². The average Bonchev–Trinajstić information content (AvgIpc) is 3.21. The average molecular weight is 720 g/mol. The molecule has 0 spiro atoms. The number of benzene rings is 2. The van der Waals surface area contributed by atoms with Crippen LogP contribution in [-0.2, 0) is 0 Å². The van der Waals surface area contributed by atoms with Crippen molar-refractivity contribution >= 4 is 21.8 Å². The lowest BCUT2D eigenvalue weighted by Crippen LogP contribution is -2.68. The van der Waals surface area contributed by atoms with Gasteiger partial charge in [0.15, 0.2) is 0 Å². The fraction of sp³-hybridized carbons (Fsp3) is 0.556. The molecule has 6 aliphatic rings. The number of hydrogen-bond acceptors (Lipinski definition) is 7.